The lowest BCUT2D eigenvalue weighted by atomic mass is 10.1. The second kappa shape index (κ2) is 6.66. The largest absolute Gasteiger partial charge is 0.394 e. The third-order valence-corrected chi connectivity index (χ3v) is 3.86. The van der Waals surface area contributed by atoms with E-state index < -0.39 is 5.54 Å². The second-order valence-electron chi connectivity index (χ2n) is 4.45. The van der Waals surface area contributed by atoms with Gasteiger partial charge in [0, 0.05) is 9.92 Å². The van der Waals surface area contributed by atoms with E-state index in [1.54, 1.807) is 32.0 Å². The number of rotatable bonds is 5. The molecule has 1 rings (SSSR count). The van der Waals surface area contributed by atoms with Gasteiger partial charge < -0.3 is 10.4 Å². The monoisotopic (exact) mass is 307 g/mol. The fourth-order valence-corrected chi connectivity index (χ4v) is 2.48. The molecule has 1 aromatic rings. The van der Waals surface area contributed by atoms with Crippen LogP contribution in [0.4, 0.5) is 0 Å². The van der Waals surface area contributed by atoms with E-state index in [1.165, 1.54) is 11.8 Å². The van der Waals surface area contributed by atoms with Crippen molar-refractivity contribution < 1.29 is 9.90 Å². The van der Waals surface area contributed by atoms with Gasteiger partial charge in [0.25, 0.3) is 0 Å². The molecule has 0 aliphatic rings. The van der Waals surface area contributed by atoms with Crippen LogP contribution in [0.3, 0.4) is 0 Å². The van der Waals surface area contributed by atoms with Gasteiger partial charge in [-0.05, 0) is 32.0 Å². The van der Waals surface area contributed by atoms with E-state index in [9.17, 15) is 4.79 Å². The van der Waals surface area contributed by atoms with Crippen molar-refractivity contribution in [2.45, 2.75) is 24.3 Å². The van der Waals surface area contributed by atoms with Crippen molar-refractivity contribution in [1.82, 2.24) is 5.32 Å². The lowest BCUT2D eigenvalue weighted by Crippen LogP contribution is -2.47. The quantitative estimate of drug-likeness (QED) is 0.822. The number of halogens is 2. The molecule has 0 aliphatic heterocycles. The van der Waals surface area contributed by atoms with Gasteiger partial charge in [-0.2, -0.15) is 0 Å². The molecule has 3 nitrogen and oxygen atoms in total. The topological polar surface area (TPSA) is 49.3 Å². The van der Waals surface area contributed by atoms with Crippen molar-refractivity contribution in [2.75, 3.05) is 12.4 Å². The maximum absolute atomic E-state index is 11.7. The van der Waals surface area contributed by atoms with Crippen molar-refractivity contribution in [3.05, 3.63) is 28.2 Å². The summed E-state index contributed by atoms with van der Waals surface area (Å²) in [5.74, 6) is 0.0684. The summed E-state index contributed by atoms with van der Waals surface area (Å²) >= 11 is 13.2. The molecule has 0 atom stereocenters. The van der Waals surface area contributed by atoms with Gasteiger partial charge in [0.15, 0.2) is 0 Å². The number of carbonyl (C=O) groups excluding carboxylic acids is 1. The summed E-state index contributed by atoms with van der Waals surface area (Å²) in [6.07, 6.45) is 0. The Morgan fingerprint density at radius 1 is 1.44 bits per heavy atom. The molecule has 0 saturated carbocycles. The molecule has 1 amide bonds. The Kier molecular flexibility index (Phi) is 5.79. The highest BCUT2D eigenvalue weighted by molar-refractivity contribution is 8.00. The molecule has 0 unspecified atom stereocenters. The Morgan fingerprint density at radius 2 is 2.11 bits per heavy atom. The number of amides is 1. The summed E-state index contributed by atoms with van der Waals surface area (Å²) in [5.41, 5.74) is -0.615. The molecule has 18 heavy (non-hydrogen) atoms. The third kappa shape index (κ3) is 5.06. The summed E-state index contributed by atoms with van der Waals surface area (Å²) in [4.78, 5) is 12.4. The van der Waals surface area contributed by atoms with Crippen LogP contribution in [0.25, 0.3) is 0 Å². The smallest absolute Gasteiger partial charge is 0.230 e. The van der Waals surface area contributed by atoms with Gasteiger partial charge in [-0.25, -0.2) is 0 Å². The SMILES string of the molecule is CC(C)(CO)NC(=O)CSc1cc(Cl)ccc1Cl. The molecule has 2 N–H and O–H groups in total. The number of hydrogen-bond donors (Lipinski definition) is 2. The minimum absolute atomic E-state index is 0.110. The fraction of sp³-hybridized carbons (Fsp3) is 0.417. The fourth-order valence-electron chi connectivity index (χ4n) is 1.18. The zero-order valence-electron chi connectivity index (χ0n) is 10.2. The van der Waals surface area contributed by atoms with Gasteiger partial charge in [0.2, 0.25) is 5.91 Å². The maximum atomic E-state index is 11.7. The summed E-state index contributed by atoms with van der Waals surface area (Å²) in [5, 5.41) is 12.9. The van der Waals surface area contributed by atoms with E-state index in [2.05, 4.69) is 5.32 Å². The van der Waals surface area contributed by atoms with Gasteiger partial charge in [0.05, 0.1) is 22.9 Å². The van der Waals surface area contributed by atoms with E-state index in [0.29, 0.717) is 10.0 Å². The van der Waals surface area contributed by atoms with Crippen LogP contribution in [-0.4, -0.2) is 28.9 Å². The van der Waals surface area contributed by atoms with Crippen molar-refractivity contribution in [1.29, 1.82) is 0 Å². The minimum Gasteiger partial charge on any atom is -0.394 e. The van der Waals surface area contributed by atoms with Gasteiger partial charge in [-0.3, -0.25) is 4.79 Å². The molecule has 0 radical (unpaired) electrons. The average molecular weight is 308 g/mol. The summed E-state index contributed by atoms with van der Waals surface area (Å²) in [7, 11) is 0. The Hall–Kier alpha value is -0.420. The minimum atomic E-state index is -0.615. The van der Waals surface area contributed by atoms with Gasteiger partial charge in [-0.1, -0.05) is 23.2 Å². The van der Waals surface area contributed by atoms with Crippen LogP contribution in [0.15, 0.2) is 23.1 Å². The van der Waals surface area contributed by atoms with E-state index in [-0.39, 0.29) is 18.3 Å². The first-order valence-electron chi connectivity index (χ1n) is 5.34. The molecule has 0 aliphatic carbocycles. The third-order valence-electron chi connectivity index (χ3n) is 2.13. The summed E-state index contributed by atoms with van der Waals surface area (Å²) in [6, 6.07) is 5.11. The molecule has 0 bridgehead atoms. The number of thioether (sulfide) groups is 1. The van der Waals surface area contributed by atoms with E-state index in [0.717, 1.165) is 4.90 Å². The van der Waals surface area contributed by atoms with Crippen LogP contribution in [0.2, 0.25) is 10.0 Å². The number of benzene rings is 1. The van der Waals surface area contributed by atoms with Crippen molar-refractivity contribution in [2.24, 2.45) is 0 Å². The lowest BCUT2D eigenvalue weighted by Gasteiger charge is -2.23. The first-order chi connectivity index (χ1) is 8.34. The molecule has 0 spiro atoms. The van der Waals surface area contributed by atoms with Crippen molar-refractivity contribution in [3.8, 4) is 0 Å². The van der Waals surface area contributed by atoms with Crippen LogP contribution < -0.4 is 5.32 Å². The molecule has 0 aromatic heterocycles. The van der Waals surface area contributed by atoms with Crippen LogP contribution in [-0.2, 0) is 4.79 Å². The molecule has 0 heterocycles. The van der Waals surface area contributed by atoms with E-state index >= 15 is 0 Å². The van der Waals surface area contributed by atoms with Gasteiger partial charge in [0.1, 0.15) is 0 Å². The molecular weight excluding hydrogens is 293 g/mol. The van der Waals surface area contributed by atoms with Crippen LogP contribution >= 0.6 is 35.0 Å². The number of carbonyl (C=O) groups is 1. The predicted octanol–water partition coefficient (Wildman–Crippen LogP) is 2.97. The molecule has 0 saturated heterocycles. The summed E-state index contributed by atoms with van der Waals surface area (Å²) in [6.45, 7) is 3.39. The second-order valence-corrected chi connectivity index (χ2v) is 6.31. The normalized spacial score (nSPS) is 11.4. The standard InChI is InChI=1S/C12H15Cl2NO2S/c1-12(2,7-16)15-11(17)6-18-10-5-8(13)3-4-9(10)14/h3-5,16H,6-7H2,1-2H3,(H,15,17). The highest BCUT2D eigenvalue weighted by Gasteiger charge is 2.19. The van der Waals surface area contributed by atoms with E-state index in [4.69, 9.17) is 28.3 Å². The van der Waals surface area contributed by atoms with Crippen LogP contribution in [0.5, 0.6) is 0 Å². The van der Waals surface area contributed by atoms with Gasteiger partial charge in [-0.15, -0.1) is 11.8 Å². The zero-order chi connectivity index (χ0) is 13.8. The Bertz CT molecular complexity index is 438. The Balaban J connectivity index is 2.55. The molecule has 0 fully saturated rings. The van der Waals surface area contributed by atoms with Crippen molar-refractivity contribution in [3.63, 3.8) is 0 Å². The first kappa shape index (κ1) is 15.6. The molecule has 6 heteroatoms. The highest BCUT2D eigenvalue weighted by atomic mass is 35.5. The van der Waals surface area contributed by atoms with Gasteiger partial charge >= 0.3 is 0 Å². The number of nitrogens with one attached hydrogen (secondary N) is 1. The molecule has 1 aromatic carbocycles. The first-order valence-corrected chi connectivity index (χ1v) is 7.08. The molecular formula is C12H15Cl2NO2S. The molecule has 100 valence electrons. The lowest BCUT2D eigenvalue weighted by molar-refractivity contribution is -0.120. The maximum Gasteiger partial charge on any atom is 0.230 e. The Morgan fingerprint density at radius 3 is 2.72 bits per heavy atom. The Labute approximate surface area is 121 Å². The highest BCUT2D eigenvalue weighted by Crippen LogP contribution is 2.29. The summed E-state index contributed by atoms with van der Waals surface area (Å²) < 4.78 is 0. The van der Waals surface area contributed by atoms with Crippen LogP contribution in [0.1, 0.15) is 13.8 Å². The van der Waals surface area contributed by atoms with Crippen molar-refractivity contribution >= 4 is 40.9 Å². The van der Waals surface area contributed by atoms with E-state index in [1.807, 2.05) is 0 Å². The average Bonchev–Trinajstić information content (AvgIpc) is 2.30. The predicted molar refractivity (Wildman–Crippen MR) is 76.5 cm³/mol. The number of aliphatic hydroxyl groups excluding tert-OH is 1. The number of aliphatic hydroxyl groups is 1. The number of hydrogen-bond acceptors (Lipinski definition) is 3. The van der Waals surface area contributed by atoms with Crippen LogP contribution in [0, 0.1) is 0 Å². The zero-order valence-corrected chi connectivity index (χ0v) is 12.5.